The number of halogens is 1. The van der Waals surface area contributed by atoms with Gasteiger partial charge in [0.1, 0.15) is 5.75 Å². The summed E-state index contributed by atoms with van der Waals surface area (Å²) in [4.78, 5) is 0. The zero-order valence-corrected chi connectivity index (χ0v) is 12.7. The lowest BCUT2D eigenvalue weighted by Crippen LogP contribution is -2.06. The van der Waals surface area contributed by atoms with Gasteiger partial charge in [-0.2, -0.15) is 0 Å². The third kappa shape index (κ3) is 2.85. The standard InChI is InChI=1S/C17H18ClNO2/c1-21-16-6-5-13(18)9-12(16)10-15(20)14-4-2-3-11-7-8-19-17(11)14/h2-6,9,15,19-20H,7-8,10H2,1H3. The van der Waals surface area contributed by atoms with Gasteiger partial charge in [-0.25, -0.2) is 0 Å². The maximum Gasteiger partial charge on any atom is 0.122 e. The Morgan fingerprint density at radius 1 is 1.33 bits per heavy atom. The van der Waals surface area contributed by atoms with Gasteiger partial charge >= 0.3 is 0 Å². The van der Waals surface area contributed by atoms with Crippen LogP contribution in [0.15, 0.2) is 36.4 Å². The Bertz CT molecular complexity index is 657. The van der Waals surface area contributed by atoms with Crippen molar-refractivity contribution < 1.29 is 9.84 Å². The van der Waals surface area contributed by atoms with Crippen LogP contribution in [0.5, 0.6) is 5.75 Å². The molecule has 0 bridgehead atoms. The van der Waals surface area contributed by atoms with E-state index in [1.165, 1.54) is 5.56 Å². The molecule has 2 N–H and O–H groups in total. The second kappa shape index (κ2) is 5.96. The van der Waals surface area contributed by atoms with Crippen LogP contribution in [-0.2, 0) is 12.8 Å². The van der Waals surface area contributed by atoms with Crippen molar-refractivity contribution in [2.75, 3.05) is 19.0 Å². The molecule has 0 radical (unpaired) electrons. The minimum atomic E-state index is -0.585. The average molecular weight is 304 g/mol. The number of hydrogen-bond donors (Lipinski definition) is 2. The number of benzene rings is 2. The molecule has 0 fully saturated rings. The van der Waals surface area contributed by atoms with Crippen LogP contribution in [-0.4, -0.2) is 18.8 Å². The number of hydrogen-bond acceptors (Lipinski definition) is 3. The fourth-order valence-corrected chi connectivity index (χ4v) is 3.06. The normalized spacial score (nSPS) is 14.4. The number of nitrogens with one attached hydrogen (secondary N) is 1. The Labute approximate surface area is 129 Å². The van der Waals surface area contributed by atoms with Crippen molar-refractivity contribution in [3.05, 3.63) is 58.1 Å². The predicted octanol–water partition coefficient (Wildman–Crippen LogP) is 3.59. The number of anilines is 1. The molecular formula is C17H18ClNO2. The minimum absolute atomic E-state index is 0.474. The van der Waals surface area contributed by atoms with E-state index in [0.29, 0.717) is 11.4 Å². The Kier molecular flexibility index (Phi) is 4.04. The first kappa shape index (κ1) is 14.2. The molecule has 3 rings (SSSR count). The second-order valence-electron chi connectivity index (χ2n) is 5.23. The summed E-state index contributed by atoms with van der Waals surface area (Å²) < 4.78 is 5.34. The first-order valence-corrected chi connectivity index (χ1v) is 7.43. The Hall–Kier alpha value is -1.71. The number of fused-ring (bicyclic) bond motifs is 1. The molecule has 1 atom stereocenters. The summed E-state index contributed by atoms with van der Waals surface area (Å²) in [5, 5.41) is 14.6. The molecule has 2 aromatic rings. The quantitative estimate of drug-likeness (QED) is 0.907. The van der Waals surface area contributed by atoms with Gasteiger partial charge in [0.2, 0.25) is 0 Å². The number of ether oxygens (including phenoxy) is 1. The Balaban J connectivity index is 1.89. The number of methoxy groups -OCH3 is 1. The molecule has 0 aromatic heterocycles. The van der Waals surface area contributed by atoms with E-state index in [1.807, 2.05) is 24.3 Å². The third-order valence-electron chi connectivity index (χ3n) is 3.89. The Morgan fingerprint density at radius 3 is 3.00 bits per heavy atom. The van der Waals surface area contributed by atoms with Gasteiger partial charge in [0.05, 0.1) is 13.2 Å². The molecule has 0 saturated carbocycles. The van der Waals surface area contributed by atoms with Crippen LogP contribution in [0.4, 0.5) is 5.69 Å². The summed E-state index contributed by atoms with van der Waals surface area (Å²) in [6.07, 6.45) is 0.899. The number of para-hydroxylation sites is 1. The minimum Gasteiger partial charge on any atom is -0.496 e. The molecule has 0 amide bonds. The molecule has 1 unspecified atom stereocenters. The highest BCUT2D eigenvalue weighted by molar-refractivity contribution is 6.30. The highest BCUT2D eigenvalue weighted by Crippen LogP contribution is 2.34. The number of aliphatic hydroxyl groups excluding tert-OH is 1. The lowest BCUT2D eigenvalue weighted by atomic mass is 9.97. The van der Waals surface area contributed by atoms with E-state index in [-0.39, 0.29) is 0 Å². The van der Waals surface area contributed by atoms with E-state index >= 15 is 0 Å². The van der Waals surface area contributed by atoms with Crippen molar-refractivity contribution in [3.63, 3.8) is 0 Å². The van der Waals surface area contributed by atoms with Crippen LogP contribution in [0.25, 0.3) is 0 Å². The molecule has 1 aliphatic rings. The van der Waals surface area contributed by atoms with Crippen LogP contribution >= 0.6 is 11.6 Å². The van der Waals surface area contributed by atoms with E-state index in [2.05, 4.69) is 11.4 Å². The molecule has 21 heavy (non-hydrogen) atoms. The van der Waals surface area contributed by atoms with Crippen molar-refractivity contribution in [3.8, 4) is 5.75 Å². The van der Waals surface area contributed by atoms with Gasteiger partial charge in [-0.15, -0.1) is 0 Å². The topological polar surface area (TPSA) is 41.5 Å². The largest absolute Gasteiger partial charge is 0.496 e. The molecule has 0 aliphatic carbocycles. The second-order valence-corrected chi connectivity index (χ2v) is 5.67. The summed E-state index contributed by atoms with van der Waals surface area (Å²) in [6, 6.07) is 11.5. The lowest BCUT2D eigenvalue weighted by molar-refractivity contribution is 0.178. The molecule has 0 saturated heterocycles. The maximum absolute atomic E-state index is 10.6. The van der Waals surface area contributed by atoms with Crippen molar-refractivity contribution in [1.29, 1.82) is 0 Å². The van der Waals surface area contributed by atoms with E-state index < -0.39 is 6.10 Å². The van der Waals surface area contributed by atoms with E-state index in [1.54, 1.807) is 13.2 Å². The summed E-state index contributed by atoms with van der Waals surface area (Å²) in [5.41, 5.74) is 4.19. The lowest BCUT2D eigenvalue weighted by Gasteiger charge is -2.17. The molecule has 1 aliphatic heterocycles. The monoisotopic (exact) mass is 303 g/mol. The summed E-state index contributed by atoms with van der Waals surface area (Å²) >= 11 is 6.05. The van der Waals surface area contributed by atoms with E-state index in [9.17, 15) is 5.11 Å². The molecule has 0 spiro atoms. The molecule has 2 aromatic carbocycles. The zero-order chi connectivity index (χ0) is 14.8. The van der Waals surface area contributed by atoms with Crippen molar-refractivity contribution in [2.24, 2.45) is 0 Å². The smallest absolute Gasteiger partial charge is 0.122 e. The van der Waals surface area contributed by atoms with Crippen LogP contribution in [0.3, 0.4) is 0 Å². The van der Waals surface area contributed by atoms with Crippen LogP contribution in [0, 0.1) is 0 Å². The number of rotatable bonds is 4. The summed E-state index contributed by atoms with van der Waals surface area (Å²) in [5.74, 6) is 0.749. The van der Waals surface area contributed by atoms with Gasteiger partial charge in [0.25, 0.3) is 0 Å². The average Bonchev–Trinajstić information content (AvgIpc) is 2.95. The molecule has 4 heteroatoms. The predicted molar refractivity (Wildman–Crippen MR) is 85.3 cm³/mol. The maximum atomic E-state index is 10.6. The Morgan fingerprint density at radius 2 is 2.19 bits per heavy atom. The SMILES string of the molecule is COc1ccc(Cl)cc1CC(O)c1cccc2c1NCC2. The van der Waals surface area contributed by atoms with Crippen LogP contribution < -0.4 is 10.1 Å². The van der Waals surface area contributed by atoms with Gasteiger partial charge in [0.15, 0.2) is 0 Å². The van der Waals surface area contributed by atoms with E-state index in [4.69, 9.17) is 16.3 Å². The molecule has 110 valence electrons. The molecular weight excluding hydrogens is 286 g/mol. The fourth-order valence-electron chi connectivity index (χ4n) is 2.87. The fraction of sp³-hybridized carbons (Fsp3) is 0.294. The van der Waals surface area contributed by atoms with Crippen molar-refractivity contribution in [1.82, 2.24) is 0 Å². The van der Waals surface area contributed by atoms with Crippen molar-refractivity contribution in [2.45, 2.75) is 18.9 Å². The van der Waals surface area contributed by atoms with Gasteiger partial charge in [-0.05, 0) is 35.7 Å². The molecule has 1 heterocycles. The van der Waals surface area contributed by atoms with Crippen LogP contribution in [0.2, 0.25) is 5.02 Å². The van der Waals surface area contributed by atoms with Gasteiger partial charge in [-0.3, -0.25) is 0 Å². The van der Waals surface area contributed by atoms with Gasteiger partial charge in [-0.1, -0.05) is 29.8 Å². The first-order valence-electron chi connectivity index (χ1n) is 7.05. The highest BCUT2D eigenvalue weighted by atomic mass is 35.5. The summed E-state index contributed by atoms with van der Waals surface area (Å²) in [6.45, 7) is 0.930. The summed E-state index contributed by atoms with van der Waals surface area (Å²) in [7, 11) is 1.63. The third-order valence-corrected chi connectivity index (χ3v) is 4.13. The molecule has 3 nitrogen and oxygen atoms in total. The van der Waals surface area contributed by atoms with Crippen molar-refractivity contribution >= 4 is 17.3 Å². The van der Waals surface area contributed by atoms with Gasteiger partial charge < -0.3 is 15.2 Å². The first-order chi connectivity index (χ1) is 10.2. The van der Waals surface area contributed by atoms with E-state index in [0.717, 1.165) is 35.5 Å². The zero-order valence-electron chi connectivity index (χ0n) is 11.9. The van der Waals surface area contributed by atoms with Crippen LogP contribution in [0.1, 0.15) is 22.8 Å². The van der Waals surface area contributed by atoms with Gasteiger partial charge in [0, 0.05) is 29.2 Å². The highest BCUT2D eigenvalue weighted by Gasteiger charge is 2.20. The number of aliphatic hydroxyl groups is 1.